The van der Waals surface area contributed by atoms with E-state index in [1.807, 2.05) is 0 Å². The minimum atomic E-state index is 0.139. The van der Waals surface area contributed by atoms with E-state index >= 15 is 0 Å². The van der Waals surface area contributed by atoms with Crippen molar-refractivity contribution in [1.29, 1.82) is 0 Å². The van der Waals surface area contributed by atoms with Crippen molar-refractivity contribution in [3.05, 3.63) is 18.5 Å². The zero-order chi connectivity index (χ0) is 11.7. The molecule has 0 radical (unpaired) electrons. The highest BCUT2D eigenvalue weighted by Gasteiger charge is 2.21. The maximum Gasteiger partial charge on any atom is 0.323 e. The second kappa shape index (κ2) is 4.00. The molecule has 1 aliphatic rings. The van der Waals surface area contributed by atoms with Gasteiger partial charge in [0.2, 0.25) is 5.95 Å². The van der Waals surface area contributed by atoms with Crippen molar-refractivity contribution in [3.63, 3.8) is 0 Å². The van der Waals surface area contributed by atoms with Crippen LogP contribution in [0.4, 0.5) is 5.95 Å². The number of nitrogens with two attached hydrogens (primary N) is 1. The maximum absolute atomic E-state index is 5.62. The Kier molecular flexibility index (Phi) is 2.36. The fourth-order valence-corrected chi connectivity index (χ4v) is 1.54. The molecule has 1 fully saturated rings. The summed E-state index contributed by atoms with van der Waals surface area (Å²) in [5, 5.41) is 4.03. The molecule has 1 saturated carbocycles. The van der Waals surface area contributed by atoms with Gasteiger partial charge in [-0.05, 0) is 25.3 Å². The van der Waals surface area contributed by atoms with E-state index in [4.69, 9.17) is 10.5 Å². The van der Waals surface area contributed by atoms with Crippen molar-refractivity contribution < 1.29 is 4.74 Å². The van der Waals surface area contributed by atoms with Crippen molar-refractivity contribution in [1.82, 2.24) is 24.7 Å². The Morgan fingerprint density at radius 3 is 2.82 bits per heavy atom. The number of hydrogen-bond acceptors (Lipinski definition) is 6. The minimum absolute atomic E-state index is 0.139. The van der Waals surface area contributed by atoms with Gasteiger partial charge in [0.05, 0.1) is 0 Å². The number of rotatable bonds is 3. The molecule has 0 spiro atoms. The third-order valence-corrected chi connectivity index (χ3v) is 2.65. The summed E-state index contributed by atoms with van der Waals surface area (Å²) in [7, 11) is 0. The Hall–Kier alpha value is -2.18. The number of hydrogen-bond donors (Lipinski definition) is 1. The van der Waals surface area contributed by atoms with Gasteiger partial charge in [0, 0.05) is 12.4 Å². The molecule has 0 bridgehead atoms. The van der Waals surface area contributed by atoms with E-state index in [0.717, 1.165) is 12.8 Å². The van der Waals surface area contributed by atoms with Crippen LogP contribution in [0.15, 0.2) is 18.5 Å². The van der Waals surface area contributed by atoms with Gasteiger partial charge in [-0.1, -0.05) is 0 Å². The summed E-state index contributed by atoms with van der Waals surface area (Å²) in [5.74, 6) is 0.511. The Bertz CT molecular complexity index is 508. The topological polar surface area (TPSA) is 91.7 Å². The summed E-state index contributed by atoms with van der Waals surface area (Å²) in [6.45, 7) is 0. The molecular weight excluding hydrogens is 220 g/mol. The van der Waals surface area contributed by atoms with Crippen LogP contribution in [0.1, 0.15) is 19.3 Å². The zero-order valence-electron chi connectivity index (χ0n) is 9.15. The Morgan fingerprint density at radius 1 is 1.29 bits per heavy atom. The zero-order valence-corrected chi connectivity index (χ0v) is 9.15. The van der Waals surface area contributed by atoms with Crippen LogP contribution in [0.3, 0.4) is 0 Å². The van der Waals surface area contributed by atoms with Gasteiger partial charge < -0.3 is 10.5 Å². The Labute approximate surface area is 97.7 Å². The molecule has 0 amide bonds. The van der Waals surface area contributed by atoms with E-state index in [-0.39, 0.29) is 18.1 Å². The average molecular weight is 232 g/mol. The second-order valence-electron chi connectivity index (χ2n) is 3.90. The van der Waals surface area contributed by atoms with Crippen LogP contribution in [-0.2, 0) is 0 Å². The molecule has 0 aromatic carbocycles. The first-order chi connectivity index (χ1) is 8.31. The molecule has 7 heteroatoms. The number of nitrogens with zero attached hydrogens (tertiary/aromatic N) is 5. The van der Waals surface area contributed by atoms with Gasteiger partial charge in [0.15, 0.2) is 0 Å². The van der Waals surface area contributed by atoms with E-state index in [9.17, 15) is 0 Å². The third-order valence-electron chi connectivity index (χ3n) is 2.65. The van der Waals surface area contributed by atoms with E-state index in [1.165, 1.54) is 11.1 Å². The normalized spacial score (nSPS) is 15.5. The first kappa shape index (κ1) is 10.0. The van der Waals surface area contributed by atoms with E-state index in [1.54, 1.807) is 18.5 Å². The summed E-state index contributed by atoms with van der Waals surface area (Å²) in [6.07, 6.45) is 6.87. The highest BCUT2D eigenvalue weighted by molar-refractivity contribution is 5.24. The monoisotopic (exact) mass is 232 g/mol. The number of anilines is 1. The first-order valence-electron chi connectivity index (χ1n) is 5.49. The molecule has 0 atom stereocenters. The predicted octanol–water partition coefficient (Wildman–Crippen LogP) is 0.571. The molecule has 2 aromatic rings. The maximum atomic E-state index is 5.62. The molecule has 0 unspecified atom stereocenters. The molecule has 17 heavy (non-hydrogen) atoms. The van der Waals surface area contributed by atoms with Crippen LogP contribution in [-0.4, -0.2) is 30.8 Å². The molecule has 2 heterocycles. The van der Waals surface area contributed by atoms with Crippen LogP contribution >= 0.6 is 0 Å². The van der Waals surface area contributed by atoms with Crippen LogP contribution in [0.5, 0.6) is 6.01 Å². The highest BCUT2D eigenvalue weighted by Crippen LogP contribution is 2.23. The van der Waals surface area contributed by atoms with Crippen LogP contribution in [0.2, 0.25) is 0 Å². The molecule has 88 valence electrons. The predicted molar refractivity (Wildman–Crippen MR) is 59.6 cm³/mol. The molecule has 0 saturated heterocycles. The van der Waals surface area contributed by atoms with Crippen molar-refractivity contribution in [2.24, 2.45) is 0 Å². The van der Waals surface area contributed by atoms with Crippen molar-refractivity contribution >= 4 is 5.95 Å². The van der Waals surface area contributed by atoms with Crippen LogP contribution < -0.4 is 10.5 Å². The lowest BCUT2D eigenvalue weighted by Gasteiger charge is -2.24. The molecule has 7 nitrogen and oxygen atoms in total. The second-order valence-corrected chi connectivity index (χ2v) is 3.90. The largest absolute Gasteiger partial charge is 0.460 e. The summed E-state index contributed by atoms with van der Waals surface area (Å²) in [5.41, 5.74) is 5.62. The van der Waals surface area contributed by atoms with Gasteiger partial charge in [-0.15, -0.1) is 0 Å². The van der Waals surface area contributed by atoms with E-state index < -0.39 is 0 Å². The lowest BCUT2D eigenvalue weighted by Crippen LogP contribution is -2.26. The average Bonchev–Trinajstić information content (AvgIpc) is 2.76. The van der Waals surface area contributed by atoms with Crippen molar-refractivity contribution in [3.8, 4) is 12.0 Å². The van der Waals surface area contributed by atoms with Gasteiger partial charge in [-0.2, -0.15) is 20.1 Å². The SMILES string of the molecule is Nc1nc(OC2CCC2)nc(-n2cccn2)n1. The third kappa shape index (κ3) is 2.03. The van der Waals surface area contributed by atoms with E-state index in [2.05, 4.69) is 20.1 Å². The number of nitrogen functional groups attached to an aromatic ring is 1. The molecule has 2 aromatic heterocycles. The molecule has 0 aliphatic heterocycles. The van der Waals surface area contributed by atoms with Crippen LogP contribution in [0, 0.1) is 0 Å². The standard InChI is InChI=1S/C10H12N6O/c11-8-13-9(16-6-2-5-12-16)15-10(14-8)17-7-3-1-4-7/h2,5-7H,1,3-4H2,(H2,11,13,14,15). The van der Waals surface area contributed by atoms with E-state index in [0.29, 0.717) is 5.95 Å². The van der Waals surface area contributed by atoms with Crippen molar-refractivity contribution in [2.45, 2.75) is 25.4 Å². The van der Waals surface area contributed by atoms with Gasteiger partial charge in [0.25, 0.3) is 5.95 Å². The molecule has 3 rings (SSSR count). The number of aromatic nitrogens is 5. The van der Waals surface area contributed by atoms with Gasteiger partial charge in [-0.3, -0.25) is 0 Å². The Balaban J connectivity index is 1.89. The summed E-state index contributed by atoms with van der Waals surface area (Å²) < 4.78 is 7.11. The molecule has 2 N–H and O–H groups in total. The summed E-state index contributed by atoms with van der Waals surface area (Å²) in [4.78, 5) is 12.1. The van der Waals surface area contributed by atoms with Crippen molar-refractivity contribution in [2.75, 3.05) is 5.73 Å². The minimum Gasteiger partial charge on any atom is -0.460 e. The molecular formula is C10H12N6O. The summed E-state index contributed by atoms with van der Waals surface area (Å²) in [6, 6.07) is 2.06. The lowest BCUT2D eigenvalue weighted by atomic mass is 9.96. The fraction of sp³-hybridized carbons (Fsp3) is 0.400. The van der Waals surface area contributed by atoms with Gasteiger partial charge in [0.1, 0.15) is 6.10 Å². The quantitative estimate of drug-likeness (QED) is 0.831. The van der Waals surface area contributed by atoms with Gasteiger partial charge in [-0.25, -0.2) is 4.68 Å². The molecule has 1 aliphatic carbocycles. The summed E-state index contributed by atoms with van der Waals surface area (Å²) >= 11 is 0. The fourth-order valence-electron chi connectivity index (χ4n) is 1.54. The van der Waals surface area contributed by atoms with Crippen LogP contribution in [0.25, 0.3) is 5.95 Å². The lowest BCUT2D eigenvalue weighted by molar-refractivity contribution is 0.108. The highest BCUT2D eigenvalue weighted by atomic mass is 16.5. The smallest absolute Gasteiger partial charge is 0.323 e. The first-order valence-corrected chi connectivity index (χ1v) is 5.49. The van der Waals surface area contributed by atoms with Gasteiger partial charge >= 0.3 is 6.01 Å². The Morgan fingerprint density at radius 2 is 2.18 bits per heavy atom. The number of ether oxygens (including phenoxy) is 1.